The molecule has 0 aliphatic carbocycles. The highest BCUT2D eigenvalue weighted by Crippen LogP contribution is 2.25. The van der Waals surface area contributed by atoms with Gasteiger partial charge in [0.15, 0.2) is 10.7 Å². The van der Waals surface area contributed by atoms with Gasteiger partial charge in [-0.1, -0.05) is 23.7 Å². The molecule has 0 saturated heterocycles. The minimum atomic E-state index is -3.90. The van der Waals surface area contributed by atoms with Crippen LogP contribution in [0.25, 0.3) is 11.0 Å². The van der Waals surface area contributed by atoms with Gasteiger partial charge in [-0.15, -0.1) is 0 Å². The summed E-state index contributed by atoms with van der Waals surface area (Å²) in [5.74, 6) is -0.543. The molecule has 0 atom stereocenters. The summed E-state index contributed by atoms with van der Waals surface area (Å²) in [4.78, 5) is 11.3. The number of carbonyl (C=O) groups is 1. The summed E-state index contributed by atoms with van der Waals surface area (Å²) in [7, 11) is -3.90. The number of hydrogen-bond donors (Lipinski definition) is 1. The molecule has 19 heavy (non-hydrogen) atoms. The van der Waals surface area contributed by atoms with Crippen molar-refractivity contribution >= 4 is 38.5 Å². The first-order valence-electron chi connectivity index (χ1n) is 5.54. The first-order chi connectivity index (χ1) is 8.94. The highest BCUT2D eigenvalue weighted by atomic mass is 35.5. The van der Waals surface area contributed by atoms with E-state index in [0.29, 0.717) is 17.4 Å². The fraction of sp³-hybridized carbons (Fsp3) is 0.273. The normalized spacial score (nSPS) is 11.7. The molecule has 0 bridgehead atoms. The second-order valence-corrected chi connectivity index (χ2v) is 5.95. The lowest BCUT2D eigenvalue weighted by atomic mass is 10.3. The minimum Gasteiger partial charge on any atom is -0.355 e. The van der Waals surface area contributed by atoms with E-state index in [2.05, 4.69) is 5.16 Å². The molecule has 2 rings (SSSR count). The zero-order valence-electron chi connectivity index (χ0n) is 10.0. The molecular weight excluding hydrogens is 292 g/mol. The summed E-state index contributed by atoms with van der Waals surface area (Å²) in [5, 5.41) is 3.98. The lowest BCUT2D eigenvalue weighted by Gasteiger charge is -2.05. The molecule has 1 N–H and O–H groups in total. The first-order valence-corrected chi connectivity index (χ1v) is 7.40. The summed E-state index contributed by atoms with van der Waals surface area (Å²) in [6.07, 6.45) is 0.716. The Balaban J connectivity index is 2.37. The summed E-state index contributed by atoms with van der Waals surface area (Å²) in [6, 6.07) is 4.08. The van der Waals surface area contributed by atoms with Crippen molar-refractivity contribution in [2.24, 2.45) is 0 Å². The Kier molecular flexibility index (Phi) is 3.77. The van der Waals surface area contributed by atoms with E-state index in [-0.39, 0.29) is 16.5 Å². The maximum atomic E-state index is 12.0. The monoisotopic (exact) mass is 302 g/mol. The molecule has 2 aromatic rings. The van der Waals surface area contributed by atoms with Crippen molar-refractivity contribution < 1.29 is 17.7 Å². The van der Waals surface area contributed by atoms with E-state index in [1.54, 1.807) is 6.92 Å². The number of benzene rings is 1. The molecule has 0 saturated carbocycles. The Morgan fingerprint density at radius 3 is 2.89 bits per heavy atom. The SMILES string of the molecule is CCCC(=O)NS(=O)(=O)c1ccc2onc(Cl)c2c1. The van der Waals surface area contributed by atoms with Crippen LogP contribution in [-0.4, -0.2) is 19.5 Å². The molecule has 0 aliphatic heterocycles. The van der Waals surface area contributed by atoms with Gasteiger partial charge in [-0.2, -0.15) is 0 Å². The van der Waals surface area contributed by atoms with Gasteiger partial charge in [0, 0.05) is 6.42 Å². The quantitative estimate of drug-likeness (QED) is 0.934. The summed E-state index contributed by atoms with van der Waals surface area (Å²) in [5.41, 5.74) is 0.379. The van der Waals surface area contributed by atoms with Crippen molar-refractivity contribution in [3.63, 3.8) is 0 Å². The third kappa shape index (κ3) is 2.87. The number of nitrogens with zero attached hydrogens (tertiary/aromatic N) is 1. The van der Waals surface area contributed by atoms with Crippen LogP contribution in [0.15, 0.2) is 27.6 Å². The molecule has 0 aliphatic rings. The van der Waals surface area contributed by atoms with E-state index < -0.39 is 15.9 Å². The average Bonchev–Trinajstić information content (AvgIpc) is 2.70. The lowest BCUT2D eigenvalue weighted by molar-refractivity contribution is -0.119. The Hall–Kier alpha value is -1.60. The van der Waals surface area contributed by atoms with Crippen molar-refractivity contribution in [1.29, 1.82) is 0 Å². The van der Waals surface area contributed by atoms with Crippen molar-refractivity contribution in [1.82, 2.24) is 9.88 Å². The lowest BCUT2D eigenvalue weighted by Crippen LogP contribution is -2.30. The highest BCUT2D eigenvalue weighted by molar-refractivity contribution is 7.90. The van der Waals surface area contributed by atoms with Gasteiger partial charge < -0.3 is 4.52 Å². The fourth-order valence-electron chi connectivity index (χ4n) is 1.54. The van der Waals surface area contributed by atoms with Gasteiger partial charge >= 0.3 is 0 Å². The predicted molar refractivity (Wildman–Crippen MR) is 69.3 cm³/mol. The smallest absolute Gasteiger partial charge is 0.264 e. The van der Waals surface area contributed by atoms with E-state index in [4.69, 9.17) is 16.1 Å². The van der Waals surface area contributed by atoms with Gasteiger partial charge in [0.1, 0.15) is 0 Å². The third-order valence-corrected chi connectivity index (χ3v) is 4.08. The van der Waals surface area contributed by atoms with Crippen LogP contribution in [0.3, 0.4) is 0 Å². The number of amides is 1. The maximum Gasteiger partial charge on any atom is 0.264 e. The molecule has 0 radical (unpaired) electrons. The molecule has 0 fully saturated rings. The molecule has 6 nitrogen and oxygen atoms in total. The first kappa shape index (κ1) is 13.8. The van der Waals surface area contributed by atoms with Crippen molar-refractivity contribution in [3.05, 3.63) is 23.4 Å². The Bertz CT molecular complexity index is 723. The highest BCUT2D eigenvalue weighted by Gasteiger charge is 2.19. The Morgan fingerprint density at radius 1 is 1.47 bits per heavy atom. The average molecular weight is 303 g/mol. The van der Waals surface area contributed by atoms with Gasteiger partial charge in [-0.3, -0.25) is 4.79 Å². The molecule has 0 spiro atoms. The van der Waals surface area contributed by atoms with E-state index in [9.17, 15) is 13.2 Å². The minimum absolute atomic E-state index is 0.0606. The van der Waals surface area contributed by atoms with Crippen LogP contribution in [-0.2, 0) is 14.8 Å². The van der Waals surface area contributed by atoms with Gasteiger partial charge in [0.25, 0.3) is 10.0 Å². The standard InChI is InChI=1S/C11H11ClN2O4S/c1-2-3-10(15)14-19(16,17)7-4-5-9-8(6-7)11(12)13-18-9/h4-6H,2-3H2,1H3,(H,14,15). The maximum absolute atomic E-state index is 12.0. The fourth-order valence-corrected chi connectivity index (χ4v) is 2.76. The number of sulfonamides is 1. The molecule has 102 valence electrons. The Morgan fingerprint density at radius 2 is 2.21 bits per heavy atom. The van der Waals surface area contributed by atoms with Gasteiger partial charge in [0.05, 0.1) is 10.3 Å². The van der Waals surface area contributed by atoms with E-state index in [1.807, 2.05) is 4.72 Å². The van der Waals surface area contributed by atoms with Gasteiger partial charge in [0.2, 0.25) is 5.91 Å². The van der Waals surface area contributed by atoms with E-state index >= 15 is 0 Å². The van der Waals surface area contributed by atoms with Crippen LogP contribution in [0.2, 0.25) is 5.15 Å². The van der Waals surface area contributed by atoms with Crippen molar-refractivity contribution in [2.45, 2.75) is 24.7 Å². The summed E-state index contributed by atoms with van der Waals surface area (Å²) < 4.78 is 30.8. The third-order valence-electron chi connectivity index (χ3n) is 2.43. The molecule has 1 aromatic carbocycles. The van der Waals surface area contributed by atoms with Crippen molar-refractivity contribution in [3.8, 4) is 0 Å². The van der Waals surface area contributed by atoms with Gasteiger partial charge in [-0.25, -0.2) is 13.1 Å². The van der Waals surface area contributed by atoms with Crippen LogP contribution in [0.1, 0.15) is 19.8 Å². The van der Waals surface area contributed by atoms with Crippen LogP contribution in [0.4, 0.5) is 0 Å². The number of carbonyl (C=O) groups excluding carboxylic acids is 1. The topological polar surface area (TPSA) is 89.3 Å². The number of aromatic nitrogens is 1. The molecule has 8 heteroatoms. The zero-order valence-corrected chi connectivity index (χ0v) is 11.6. The number of hydrogen-bond acceptors (Lipinski definition) is 5. The predicted octanol–water partition coefficient (Wildman–Crippen LogP) is 2.09. The molecular formula is C11H11ClN2O4S. The second-order valence-electron chi connectivity index (χ2n) is 3.91. The molecule has 0 unspecified atom stereocenters. The van der Waals surface area contributed by atoms with E-state index in [1.165, 1.54) is 18.2 Å². The number of fused-ring (bicyclic) bond motifs is 1. The van der Waals surface area contributed by atoms with Crippen LogP contribution >= 0.6 is 11.6 Å². The van der Waals surface area contributed by atoms with E-state index in [0.717, 1.165) is 0 Å². The number of nitrogens with one attached hydrogen (secondary N) is 1. The van der Waals surface area contributed by atoms with Gasteiger partial charge in [-0.05, 0) is 24.6 Å². The number of rotatable bonds is 4. The molecule has 1 amide bonds. The summed E-state index contributed by atoms with van der Waals surface area (Å²) >= 11 is 5.76. The molecule has 1 aromatic heterocycles. The molecule has 1 heterocycles. The summed E-state index contributed by atoms with van der Waals surface area (Å²) in [6.45, 7) is 1.79. The zero-order chi connectivity index (χ0) is 14.0. The second kappa shape index (κ2) is 5.18. The Labute approximate surface area is 114 Å². The van der Waals surface area contributed by atoms with Crippen LogP contribution in [0.5, 0.6) is 0 Å². The largest absolute Gasteiger partial charge is 0.355 e. The van der Waals surface area contributed by atoms with Crippen molar-refractivity contribution in [2.75, 3.05) is 0 Å². The van der Waals surface area contributed by atoms with Crippen LogP contribution in [0, 0.1) is 0 Å². The number of halogens is 1. The van der Waals surface area contributed by atoms with Crippen LogP contribution < -0.4 is 4.72 Å².